The molecule has 0 saturated carbocycles. The summed E-state index contributed by atoms with van der Waals surface area (Å²) in [6.45, 7) is 8.81. The summed E-state index contributed by atoms with van der Waals surface area (Å²) in [6, 6.07) is 0. The van der Waals surface area contributed by atoms with Crippen LogP contribution >= 0.6 is 0 Å². The highest BCUT2D eigenvalue weighted by molar-refractivity contribution is 5.79. The van der Waals surface area contributed by atoms with Crippen molar-refractivity contribution in [3.05, 3.63) is 11.7 Å². The zero-order valence-electron chi connectivity index (χ0n) is 14.4. The summed E-state index contributed by atoms with van der Waals surface area (Å²) in [5.74, 6) is 1.72. The Hall–Kier alpha value is -2.32. The predicted molar refractivity (Wildman–Crippen MR) is 86.1 cm³/mol. The van der Waals surface area contributed by atoms with Crippen molar-refractivity contribution in [1.82, 2.24) is 26.1 Å². The summed E-state index contributed by atoms with van der Waals surface area (Å²) in [7, 11) is 1.67. The van der Waals surface area contributed by atoms with Crippen LogP contribution in [0.5, 0.6) is 0 Å². The van der Waals surface area contributed by atoms with E-state index < -0.39 is 11.7 Å². The molecule has 0 bridgehead atoms. The van der Waals surface area contributed by atoms with E-state index in [1.165, 1.54) is 0 Å². The quantitative estimate of drug-likeness (QED) is 0.405. The molecule has 0 saturated heterocycles. The van der Waals surface area contributed by atoms with Crippen LogP contribution < -0.4 is 16.0 Å². The van der Waals surface area contributed by atoms with E-state index >= 15 is 0 Å². The van der Waals surface area contributed by atoms with Gasteiger partial charge in [0.1, 0.15) is 5.60 Å². The minimum atomic E-state index is -0.485. The van der Waals surface area contributed by atoms with E-state index in [0.29, 0.717) is 37.3 Å². The van der Waals surface area contributed by atoms with Gasteiger partial charge in [-0.25, -0.2) is 4.79 Å². The molecule has 1 rings (SSSR count). The molecular weight excluding hydrogens is 300 g/mol. The van der Waals surface area contributed by atoms with Crippen molar-refractivity contribution in [3.63, 3.8) is 0 Å². The Morgan fingerprint density at radius 3 is 2.52 bits per heavy atom. The molecule has 1 aromatic rings. The molecule has 0 aliphatic carbocycles. The van der Waals surface area contributed by atoms with Crippen LogP contribution in [0.3, 0.4) is 0 Å². The number of guanidine groups is 1. The number of aromatic nitrogens is 2. The average Bonchev–Trinajstić information content (AvgIpc) is 2.85. The maximum Gasteiger partial charge on any atom is 0.407 e. The lowest BCUT2D eigenvalue weighted by molar-refractivity contribution is 0.0527. The lowest BCUT2D eigenvalue weighted by Gasteiger charge is -2.19. The molecule has 0 fully saturated rings. The number of carbonyl (C=O) groups is 1. The Kier molecular flexibility index (Phi) is 7.30. The van der Waals surface area contributed by atoms with E-state index in [0.717, 1.165) is 6.42 Å². The molecule has 0 aromatic carbocycles. The van der Waals surface area contributed by atoms with Crippen LogP contribution in [0.1, 0.15) is 38.9 Å². The van der Waals surface area contributed by atoms with E-state index in [1.807, 2.05) is 20.8 Å². The van der Waals surface area contributed by atoms with Gasteiger partial charge in [-0.2, -0.15) is 4.98 Å². The van der Waals surface area contributed by atoms with E-state index in [-0.39, 0.29) is 0 Å². The summed E-state index contributed by atoms with van der Waals surface area (Å²) in [5.41, 5.74) is -0.485. The highest BCUT2D eigenvalue weighted by Gasteiger charge is 2.15. The van der Waals surface area contributed by atoms with E-state index in [9.17, 15) is 4.79 Å². The first kappa shape index (κ1) is 18.7. The average molecular weight is 326 g/mol. The predicted octanol–water partition coefficient (Wildman–Crippen LogP) is 0.958. The largest absolute Gasteiger partial charge is 0.444 e. The van der Waals surface area contributed by atoms with Crippen LogP contribution in [-0.4, -0.2) is 47.9 Å². The highest BCUT2D eigenvalue weighted by Crippen LogP contribution is 2.06. The fourth-order valence-electron chi connectivity index (χ4n) is 1.59. The zero-order valence-corrected chi connectivity index (χ0v) is 14.4. The van der Waals surface area contributed by atoms with Crippen molar-refractivity contribution < 1.29 is 14.1 Å². The molecule has 0 aliphatic heterocycles. The third-order valence-corrected chi connectivity index (χ3v) is 2.51. The number of hydrogen-bond donors (Lipinski definition) is 3. The maximum atomic E-state index is 11.5. The molecule has 0 atom stereocenters. The van der Waals surface area contributed by atoms with Crippen LogP contribution in [0.25, 0.3) is 0 Å². The standard InChI is InChI=1S/C14H26N6O3/c1-10-19-11(23-20-10)9-18-12(15-5)16-7-6-8-17-13(21)22-14(2,3)4/h6-9H2,1-5H3,(H,17,21)(H2,15,16,18). The van der Waals surface area contributed by atoms with Crippen molar-refractivity contribution in [3.8, 4) is 0 Å². The number of hydrogen-bond acceptors (Lipinski definition) is 6. The van der Waals surface area contributed by atoms with Gasteiger partial charge in [0, 0.05) is 20.1 Å². The molecule has 23 heavy (non-hydrogen) atoms. The van der Waals surface area contributed by atoms with Gasteiger partial charge in [-0.15, -0.1) is 0 Å². The van der Waals surface area contributed by atoms with Crippen LogP contribution in [0.2, 0.25) is 0 Å². The second-order valence-corrected chi connectivity index (χ2v) is 5.87. The van der Waals surface area contributed by atoms with Crippen molar-refractivity contribution in [2.75, 3.05) is 20.1 Å². The summed E-state index contributed by atoms with van der Waals surface area (Å²) in [5, 5.41) is 12.6. The first-order valence-electron chi connectivity index (χ1n) is 7.50. The highest BCUT2D eigenvalue weighted by atomic mass is 16.6. The van der Waals surface area contributed by atoms with Crippen molar-refractivity contribution in [2.45, 2.75) is 46.3 Å². The molecule has 130 valence electrons. The molecule has 9 nitrogen and oxygen atoms in total. The maximum absolute atomic E-state index is 11.5. The Balaban J connectivity index is 2.14. The molecule has 0 aliphatic rings. The van der Waals surface area contributed by atoms with Gasteiger partial charge in [0.05, 0.1) is 6.54 Å². The molecular formula is C14H26N6O3. The van der Waals surface area contributed by atoms with Crippen molar-refractivity contribution in [1.29, 1.82) is 0 Å². The smallest absolute Gasteiger partial charge is 0.407 e. The first-order valence-corrected chi connectivity index (χ1v) is 7.50. The number of aliphatic imine (C=N–C) groups is 1. The number of aryl methyl sites for hydroxylation is 1. The molecule has 9 heteroatoms. The fourth-order valence-corrected chi connectivity index (χ4v) is 1.59. The van der Waals surface area contributed by atoms with E-state index in [2.05, 4.69) is 31.1 Å². The van der Waals surface area contributed by atoms with Crippen LogP contribution in [0.15, 0.2) is 9.52 Å². The van der Waals surface area contributed by atoms with Gasteiger partial charge < -0.3 is 25.2 Å². The van der Waals surface area contributed by atoms with E-state index in [4.69, 9.17) is 9.26 Å². The summed E-state index contributed by atoms with van der Waals surface area (Å²) >= 11 is 0. The van der Waals surface area contributed by atoms with Gasteiger partial charge in [0.15, 0.2) is 11.8 Å². The minimum Gasteiger partial charge on any atom is -0.444 e. The van der Waals surface area contributed by atoms with Crippen LogP contribution in [0, 0.1) is 6.92 Å². The van der Waals surface area contributed by atoms with Crippen molar-refractivity contribution >= 4 is 12.1 Å². The molecule has 0 unspecified atom stereocenters. The van der Waals surface area contributed by atoms with Gasteiger partial charge in [0.25, 0.3) is 0 Å². The molecule has 0 radical (unpaired) electrons. The number of ether oxygens (including phenoxy) is 1. The number of amides is 1. The number of rotatable bonds is 6. The Labute approximate surface area is 136 Å². The topological polar surface area (TPSA) is 114 Å². The van der Waals surface area contributed by atoms with Crippen LogP contribution in [-0.2, 0) is 11.3 Å². The summed E-state index contributed by atoms with van der Waals surface area (Å²) in [4.78, 5) is 19.6. The monoisotopic (exact) mass is 326 g/mol. The number of alkyl carbamates (subject to hydrolysis) is 1. The van der Waals surface area contributed by atoms with Gasteiger partial charge in [-0.1, -0.05) is 5.16 Å². The van der Waals surface area contributed by atoms with E-state index in [1.54, 1.807) is 14.0 Å². The second-order valence-electron chi connectivity index (χ2n) is 5.87. The number of carbonyl (C=O) groups excluding carboxylic acids is 1. The normalized spacial score (nSPS) is 12.0. The van der Waals surface area contributed by atoms with Gasteiger partial charge in [-0.05, 0) is 34.1 Å². The Morgan fingerprint density at radius 1 is 1.26 bits per heavy atom. The Morgan fingerprint density at radius 2 is 1.96 bits per heavy atom. The molecule has 1 amide bonds. The number of nitrogens with zero attached hydrogens (tertiary/aromatic N) is 3. The number of nitrogens with one attached hydrogen (secondary N) is 3. The third-order valence-electron chi connectivity index (χ3n) is 2.51. The van der Waals surface area contributed by atoms with Gasteiger partial charge in [-0.3, -0.25) is 4.99 Å². The summed E-state index contributed by atoms with van der Waals surface area (Å²) < 4.78 is 10.1. The Bertz CT molecular complexity index is 521. The minimum absolute atomic E-state index is 0.399. The van der Waals surface area contributed by atoms with Gasteiger partial charge in [0.2, 0.25) is 5.89 Å². The molecule has 3 N–H and O–H groups in total. The second kappa shape index (κ2) is 8.96. The summed E-state index contributed by atoms with van der Waals surface area (Å²) in [6.07, 6.45) is 0.325. The third kappa shape index (κ3) is 8.64. The van der Waals surface area contributed by atoms with Crippen LogP contribution in [0.4, 0.5) is 4.79 Å². The fraction of sp³-hybridized carbons (Fsp3) is 0.714. The van der Waals surface area contributed by atoms with Gasteiger partial charge >= 0.3 is 6.09 Å². The molecule has 0 spiro atoms. The lowest BCUT2D eigenvalue weighted by Crippen LogP contribution is -2.39. The lowest BCUT2D eigenvalue weighted by atomic mass is 10.2. The first-order chi connectivity index (χ1) is 10.8. The molecule has 1 aromatic heterocycles. The molecule has 1 heterocycles. The zero-order chi connectivity index (χ0) is 17.3. The van der Waals surface area contributed by atoms with Crippen molar-refractivity contribution in [2.24, 2.45) is 4.99 Å². The SMILES string of the molecule is CN=C(NCCCNC(=O)OC(C)(C)C)NCc1nc(C)no1.